The van der Waals surface area contributed by atoms with E-state index in [0.717, 1.165) is 0 Å². The molecule has 0 fully saturated rings. The summed E-state index contributed by atoms with van der Waals surface area (Å²) in [5, 5.41) is 7.52. The molecular weight excluding hydrogens is 229 g/mol. The van der Waals surface area contributed by atoms with E-state index >= 15 is 0 Å². The van der Waals surface area contributed by atoms with E-state index in [4.69, 9.17) is 24.7 Å². The molecule has 0 heterocycles. The van der Waals surface area contributed by atoms with E-state index in [1.807, 2.05) is 0 Å². The van der Waals surface area contributed by atoms with Crippen LogP contribution in [0.4, 0.5) is 0 Å². The Morgan fingerprint density at radius 3 is 1.58 bits per heavy atom. The second-order valence-corrected chi connectivity index (χ2v) is 6.09. The summed E-state index contributed by atoms with van der Waals surface area (Å²) in [7, 11) is -7.49. The summed E-state index contributed by atoms with van der Waals surface area (Å²) in [6.45, 7) is 0. The molecule has 0 rings (SSSR count). The van der Waals surface area contributed by atoms with E-state index in [1.165, 1.54) is 0 Å². The maximum absolute atomic E-state index is 10.3. The predicted molar refractivity (Wildman–Crippen MR) is 43.4 cm³/mol. The molecule has 7 nitrogen and oxygen atoms in total. The average molecular weight is 236 g/mol. The maximum atomic E-state index is 10.3. The van der Waals surface area contributed by atoms with Crippen molar-refractivity contribution < 1.29 is 33.8 Å². The van der Waals surface area contributed by atoms with Crippen LogP contribution in [0.25, 0.3) is 0 Å². The standard InChI is InChI=1S/C2H7O7P3/c3-1(11(4,5)6)2(10)12(7,8)9/h1,3,10H,(H2,4,5,6)(H2,7,8,9). The fourth-order valence-corrected chi connectivity index (χ4v) is 2.34. The van der Waals surface area contributed by atoms with Crippen LogP contribution in [-0.4, -0.2) is 35.6 Å². The minimum atomic E-state index is -4.93. The van der Waals surface area contributed by atoms with Crippen LogP contribution in [0.5, 0.6) is 0 Å². The smallest absolute Gasteiger partial charge is 0.359 e. The molecule has 0 bridgehead atoms. The number of hydrogen-bond donors (Lipinski definition) is 5. The van der Waals surface area contributed by atoms with Crippen LogP contribution in [0.2, 0.25) is 0 Å². The van der Waals surface area contributed by atoms with Crippen molar-refractivity contribution in [2.45, 2.75) is 5.85 Å². The van der Waals surface area contributed by atoms with E-state index in [0.29, 0.717) is 0 Å². The molecule has 1 atom stereocenters. The number of rotatable bonds is 3. The lowest BCUT2D eigenvalue weighted by Crippen LogP contribution is -2.17. The Balaban J connectivity index is 4.77. The molecule has 0 amide bonds. The van der Waals surface area contributed by atoms with Crippen LogP contribution in [-0.2, 0) is 9.13 Å². The summed E-state index contributed by atoms with van der Waals surface area (Å²) in [5.74, 6) is -2.49. The Morgan fingerprint density at radius 1 is 1.17 bits per heavy atom. The Morgan fingerprint density at radius 2 is 1.50 bits per heavy atom. The van der Waals surface area contributed by atoms with E-state index in [1.54, 1.807) is 0 Å². The molecule has 10 heteroatoms. The molecule has 0 aromatic carbocycles. The monoisotopic (exact) mass is 236 g/mol. The Bertz CT molecular complexity index is 270. The molecule has 0 aliphatic rings. The Labute approximate surface area is 69.6 Å². The topological polar surface area (TPSA) is 135 Å². The van der Waals surface area contributed by atoms with Crippen molar-refractivity contribution in [1.29, 1.82) is 0 Å². The SMILES string of the molecule is O=P(O)(O)C(=P)C(O)P(=O)(O)O. The lowest BCUT2D eigenvalue weighted by molar-refractivity contribution is 0.252. The summed E-state index contributed by atoms with van der Waals surface area (Å²) in [6, 6.07) is 0. The highest BCUT2D eigenvalue weighted by atomic mass is 31.2. The average Bonchev–Trinajstić information content (AvgIpc) is 1.80. The maximum Gasteiger partial charge on any atom is 0.359 e. The van der Waals surface area contributed by atoms with Crippen LogP contribution in [0, 0.1) is 0 Å². The van der Waals surface area contributed by atoms with Gasteiger partial charge in [-0.25, -0.2) is 0 Å². The summed E-state index contributed by atoms with van der Waals surface area (Å²) in [5.41, 5.74) is 0. The van der Waals surface area contributed by atoms with E-state index < -0.39 is 26.1 Å². The lowest BCUT2D eigenvalue weighted by atomic mass is 10.8. The molecule has 0 saturated heterocycles. The van der Waals surface area contributed by atoms with Gasteiger partial charge >= 0.3 is 15.2 Å². The molecule has 0 aliphatic heterocycles. The summed E-state index contributed by atoms with van der Waals surface area (Å²) < 4.78 is 20.6. The highest BCUT2D eigenvalue weighted by Crippen LogP contribution is 2.50. The summed E-state index contributed by atoms with van der Waals surface area (Å²) in [6.07, 6.45) is 0. The van der Waals surface area contributed by atoms with Crippen molar-refractivity contribution in [3.05, 3.63) is 0 Å². The number of hydrogen-bond acceptors (Lipinski definition) is 3. The highest BCUT2D eigenvalue weighted by Gasteiger charge is 2.37. The quantitative estimate of drug-likeness (QED) is 0.393. The van der Waals surface area contributed by atoms with Gasteiger partial charge < -0.3 is 24.7 Å². The van der Waals surface area contributed by atoms with Gasteiger partial charge in [-0.15, -0.1) is 8.86 Å². The molecular formula is C2H7O7P3. The van der Waals surface area contributed by atoms with Gasteiger partial charge in [0, 0.05) is 0 Å². The predicted octanol–water partition coefficient (Wildman–Crippen LogP) is -1.07. The fraction of sp³-hybridized carbons (Fsp3) is 0.500. The summed E-state index contributed by atoms with van der Waals surface area (Å²) in [4.78, 5) is 33.3. The van der Waals surface area contributed by atoms with Crippen molar-refractivity contribution >= 4 is 29.1 Å². The summed E-state index contributed by atoms with van der Waals surface area (Å²) >= 11 is 0. The third-order valence-electron chi connectivity index (χ3n) is 0.877. The second-order valence-electron chi connectivity index (χ2n) is 1.89. The third kappa shape index (κ3) is 3.44. The lowest BCUT2D eigenvalue weighted by Gasteiger charge is -2.14. The first-order valence-electron chi connectivity index (χ1n) is 2.44. The number of aliphatic hydroxyl groups is 1. The molecule has 5 N–H and O–H groups in total. The van der Waals surface area contributed by atoms with Gasteiger partial charge in [-0.2, -0.15) is 0 Å². The van der Waals surface area contributed by atoms with Crippen LogP contribution in [0.15, 0.2) is 0 Å². The van der Waals surface area contributed by atoms with Crippen molar-refractivity contribution in [1.82, 2.24) is 0 Å². The molecule has 12 heavy (non-hydrogen) atoms. The minimum Gasteiger partial charge on any atom is -0.376 e. The molecule has 72 valence electrons. The van der Waals surface area contributed by atoms with Gasteiger partial charge in [0.25, 0.3) is 0 Å². The van der Waals surface area contributed by atoms with Crippen molar-refractivity contribution in [3.63, 3.8) is 0 Å². The molecule has 0 saturated carbocycles. The molecule has 0 aromatic rings. The first-order valence-corrected chi connectivity index (χ1v) is 6.24. The third-order valence-corrected chi connectivity index (χ3v) is 4.24. The molecule has 0 radical (unpaired) electrons. The molecule has 0 aromatic heterocycles. The normalized spacial score (nSPS) is 15.8. The second kappa shape index (κ2) is 3.66. The first kappa shape index (κ1) is 12.4. The number of aliphatic hydroxyl groups excluding tert-OH is 1. The zero-order chi connectivity index (χ0) is 10.2. The van der Waals surface area contributed by atoms with Crippen LogP contribution in [0.1, 0.15) is 0 Å². The fourth-order valence-electron chi connectivity index (χ4n) is 0.310. The van der Waals surface area contributed by atoms with Gasteiger partial charge in [0.15, 0.2) is 5.85 Å². The Kier molecular flexibility index (Phi) is 3.79. The highest BCUT2D eigenvalue weighted by molar-refractivity contribution is 7.81. The van der Waals surface area contributed by atoms with Gasteiger partial charge in [-0.1, -0.05) is 0 Å². The first-order chi connectivity index (χ1) is 5.07. The molecule has 0 spiro atoms. The minimum absolute atomic E-state index is 1.13. The van der Waals surface area contributed by atoms with Gasteiger partial charge in [0.2, 0.25) is 0 Å². The van der Waals surface area contributed by atoms with Gasteiger partial charge in [0.1, 0.15) is 5.03 Å². The van der Waals surface area contributed by atoms with Gasteiger partial charge in [0.05, 0.1) is 0 Å². The van der Waals surface area contributed by atoms with Crippen LogP contribution in [0.3, 0.4) is 0 Å². The molecule has 1 unspecified atom stereocenters. The zero-order valence-electron chi connectivity index (χ0n) is 5.52. The van der Waals surface area contributed by atoms with Crippen molar-refractivity contribution in [2.24, 2.45) is 0 Å². The largest absolute Gasteiger partial charge is 0.376 e. The van der Waals surface area contributed by atoms with E-state index in [2.05, 4.69) is 8.86 Å². The van der Waals surface area contributed by atoms with Gasteiger partial charge in [-0.3, -0.25) is 9.13 Å². The zero-order valence-corrected chi connectivity index (χ0v) is 8.31. The van der Waals surface area contributed by atoms with E-state index in [9.17, 15) is 9.13 Å². The molecule has 0 aliphatic carbocycles. The van der Waals surface area contributed by atoms with E-state index in [-0.39, 0.29) is 0 Å². The van der Waals surface area contributed by atoms with Crippen LogP contribution < -0.4 is 0 Å². The van der Waals surface area contributed by atoms with Crippen LogP contribution >= 0.6 is 24.1 Å². The van der Waals surface area contributed by atoms with Crippen molar-refractivity contribution in [3.8, 4) is 0 Å². The van der Waals surface area contributed by atoms with Crippen molar-refractivity contribution in [2.75, 3.05) is 0 Å². The van der Waals surface area contributed by atoms with Gasteiger partial charge in [-0.05, 0) is 0 Å². The Hall–Kier alpha value is 0.430.